The summed E-state index contributed by atoms with van der Waals surface area (Å²) in [6.45, 7) is 12.2. The first kappa shape index (κ1) is 30.4. The van der Waals surface area contributed by atoms with Gasteiger partial charge in [0, 0.05) is 56.1 Å². The van der Waals surface area contributed by atoms with Gasteiger partial charge in [-0.1, -0.05) is 47.6 Å². The molecule has 0 bridgehead atoms. The molecule has 0 saturated heterocycles. The number of imidazole rings is 1. The summed E-state index contributed by atoms with van der Waals surface area (Å²) in [7, 11) is 0. The van der Waals surface area contributed by atoms with Crippen LogP contribution in [0.5, 0.6) is 0 Å². The number of allylic oxidation sites excluding steroid dienone is 2. The fourth-order valence-corrected chi connectivity index (χ4v) is 4.59. The average Bonchev–Trinajstić information content (AvgIpc) is 3.24. The molecule has 37 heavy (non-hydrogen) atoms. The Hall–Kier alpha value is -2.82. The van der Waals surface area contributed by atoms with E-state index in [9.17, 15) is 9.90 Å². The SMILES string of the molecule is CCC(CC)C(=O)C=C(O)C(CC)CC.Cc1[c-]c(-c2nccc3c2nc2ccccn23)cc(C)c1.[Ir]. The molecule has 1 radical (unpaired) electrons. The number of aryl methyl sites for hydroxylation is 2. The fraction of sp³-hybridized carbons (Fsp3) is 0.387. The second-order valence-corrected chi connectivity index (χ2v) is 9.32. The summed E-state index contributed by atoms with van der Waals surface area (Å²) in [4.78, 5) is 21.0. The van der Waals surface area contributed by atoms with Gasteiger partial charge in [-0.2, -0.15) is 0 Å². The number of benzene rings is 1. The minimum atomic E-state index is 0. The quantitative estimate of drug-likeness (QED) is 0.117. The van der Waals surface area contributed by atoms with Crippen molar-refractivity contribution in [1.29, 1.82) is 0 Å². The monoisotopic (exact) mass is 677 g/mol. The Morgan fingerprint density at radius 1 is 1.03 bits per heavy atom. The molecule has 0 saturated carbocycles. The Kier molecular flexibility index (Phi) is 11.7. The third kappa shape index (κ3) is 7.36. The first-order valence-electron chi connectivity index (χ1n) is 13.0. The van der Waals surface area contributed by atoms with Crippen LogP contribution in [-0.2, 0) is 24.9 Å². The van der Waals surface area contributed by atoms with E-state index in [0.717, 1.165) is 59.2 Å². The van der Waals surface area contributed by atoms with E-state index in [1.165, 1.54) is 11.6 Å². The number of ketones is 1. The number of pyridine rings is 2. The number of hydrogen-bond acceptors (Lipinski definition) is 4. The van der Waals surface area contributed by atoms with Gasteiger partial charge in [0.2, 0.25) is 0 Å². The molecule has 1 aromatic carbocycles. The molecule has 4 rings (SSSR count). The molecule has 199 valence electrons. The number of nitrogens with zero attached hydrogens (tertiary/aromatic N) is 3. The van der Waals surface area contributed by atoms with E-state index in [1.807, 2.05) is 64.4 Å². The van der Waals surface area contributed by atoms with Crippen molar-refractivity contribution in [2.75, 3.05) is 0 Å². The largest absolute Gasteiger partial charge is 0.512 e. The van der Waals surface area contributed by atoms with E-state index in [-0.39, 0.29) is 43.5 Å². The number of aliphatic hydroxyl groups excluding tert-OH is 1. The molecule has 6 heteroatoms. The zero-order chi connectivity index (χ0) is 26.2. The van der Waals surface area contributed by atoms with Crippen molar-refractivity contribution in [3.8, 4) is 11.3 Å². The molecule has 0 fully saturated rings. The van der Waals surface area contributed by atoms with Crippen molar-refractivity contribution < 1.29 is 30.0 Å². The van der Waals surface area contributed by atoms with Crippen LogP contribution in [0, 0.1) is 31.7 Å². The number of aliphatic hydroxyl groups is 1. The predicted octanol–water partition coefficient (Wildman–Crippen LogP) is 7.83. The van der Waals surface area contributed by atoms with Crippen molar-refractivity contribution in [3.05, 3.63) is 77.8 Å². The van der Waals surface area contributed by atoms with Crippen LogP contribution in [0.4, 0.5) is 0 Å². The van der Waals surface area contributed by atoms with Crippen LogP contribution in [0.2, 0.25) is 0 Å². The van der Waals surface area contributed by atoms with Crippen molar-refractivity contribution in [2.24, 2.45) is 11.8 Å². The van der Waals surface area contributed by atoms with Crippen LogP contribution in [0.15, 0.2) is 60.6 Å². The standard InChI is InChI=1S/C18H14N3.C13H24O2.Ir/c1-12-9-13(2)11-14(10-12)17-18-15(6-7-19-17)21-8-4-3-5-16(21)20-18;1-5-10(6-2)12(14)9-13(15)11(7-3)8-4;/h3-10H,1-2H3;9-11,14H,5-8H2,1-4H3;/q-1;;. The summed E-state index contributed by atoms with van der Waals surface area (Å²) in [5.41, 5.74) is 7.15. The molecular formula is C31H38IrN3O2-. The van der Waals surface area contributed by atoms with Gasteiger partial charge in [0.25, 0.3) is 0 Å². The van der Waals surface area contributed by atoms with Crippen LogP contribution in [0.3, 0.4) is 0 Å². The van der Waals surface area contributed by atoms with Crippen molar-refractivity contribution in [3.63, 3.8) is 0 Å². The number of rotatable bonds is 8. The van der Waals surface area contributed by atoms with Gasteiger partial charge in [-0.25, -0.2) is 4.98 Å². The maximum atomic E-state index is 11.7. The normalized spacial score (nSPS) is 11.5. The van der Waals surface area contributed by atoms with Crippen molar-refractivity contribution in [1.82, 2.24) is 14.4 Å². The van der Waals surface area contributed by atoms with Crippen LogP contribution in [-0.4, -0.2) is 25.3 Å². The minimum Gasteiger partial charge on any atom is -0.512 e. The van der Waals surface area contributed by atoms with E-state index < -0.39 is 0 Å². The topological polar surface area (TPSA) is 67.5 Å². The van der Waals surface area contributed by atoms with Crippen LogP contribution in [0.25, 0.3) is 27.9 Å². The summed E-state index contributed by atoms with van der Waals surface area (Å²) in [6, 6.07) is 15.6. The number of carbonyl (C=O) groups is 1. The second kappa shape index (κ2) is 14.2. The molecule has 0 aliphatic rings. The number of carbonyl (C=O) groups excluding carboxylic acids is 1. The summed E-state index contributed by atoms with van der Waals surface area (Å²) in [5, 5.41) is 9.76. The van der Waals surface area contributed by atoms with Gasteiger partial charge < -0.3 is 14.5 Å². The van der Waals surface area contributed by atoms with E-state index in [2.05, 4.69) is 41.4 Å². The van der Waals surface area contributed by atoms with E-state index in [1.54, 1.807) is 0 Å². The van der Waals surface area contributed by atoms with Crippen LogP contribution < -0.4 is 0 Å². The van der Waals surface area contributed by atoms with E-state index in [0.29, 0.717) is 0 Å². The van der Waals surface area contributed by atoms with Gasteiger partial charge in [-0.05, 0) is 43.9 Å². The van der Waals surface area contributed by atoms with Gasteiger partial charge in [0.15, 0.2) is 5.78 Å². The Bertz CT molecular complexity index is 1330. The molecule has 3 aromatic heterocycles. The molecule has 0 amide bonds. The van der Waals surface area contributed by atoms with Crippen molar-refractivity contribution >= 4 is 22.5 Å². The zero-order valence-corrected chi connectivity index (χ0v) is 25.1. The average molecular weight is 677 g/mol. The van der Waals surface area contributed by atoms with Crippen molar-refractivity contribution in [2.45, 2.75) is 67.2 Å². The third-order valence-electron chi connectivity index (χ3n) is 6.71. The Morgan fingerprint density at radius 3 is 2.32 bits per heavy atom. The predicted molar refractivity (Wildman–Crippen MR) is 148 cm³/mol. The first-order chi connectivity index (χ1) is 17.3. The molecule has 0 spiro atoms. The molecular weight excluding hydrogens is 639 g/mol. The summed E-state index contributed by atoms with van der Waals surface area (Å²) >= 11 is 0. The molecule has 3 heterocycles. The van der Waals surface area contributed by atoms with Gasteiger partial charge in [0.05, 0.1) is 16.8 Å². The first-order valence-corrected chi connectivity index (χ1v) is 13.0. The van der Waals surface area contributed by atoms with Gasteiger partial charge in [-0.15, -0.1) is 34.9 Å². The fourth-order valence-electron chi connectivity index (χ4n) is 4.59. The summed E-state index contributed by atoms with van der Waals surface area (Å²) in [6.07, 6.45) is 8.77. The minimum absolute atomic E-state index is 0. The molecule has 4 aromatic rings. The Labute approximate surface area is 234 Å². The summed E-state index contributed by atoms with van der Waals surface area (Å²) in [5.74, 6) is 0.547. The summed E-state index contributed by atoms with van der Waals surface area (Å²) < 4.78 is 2.09. The molecule has 0 aliphatic heterocycles. The molecule has 0 unspecified atom stereocenters. The zero-order valence-electron chi connectivity index (χ0n) is 22.7. The number of aromatic nitrogens is 3. The maximum Gasteiger partial charge on any atom is 0.162 e. The Balaban J connectivity index is 0.000000271. The van der Waals surface area contributed by atoms with Crippen LogP contribution >= 0.6 is 0 Å². The third-order valence-corrected chi connectivity index (χ3v) is 6.71. The van der Waals surface area contributed by atoms with Gasteiger partial charge in [0.1, 0.15) is 5.65 Å². The van der Waals surface area contributed by atoms with Crippen LogP contribution in [0.1, 0.15) is 64.5 Å². The molecule has 1 N–H and O–H groups in total. The molecule has 0 aliphatic carbocycles. The smallest absolute Gasteiger partial charge is 0.162 e. The van der Waals surface area contributed by atoms with Gasteiger partial charge in [-0.3, -0.25) is 4.79 Å². The van der Waals surface area contributed by atoms with Gasteiger partial charge >= 0.3 is 0 Å². The van der Waals surface area contributed by atoms with E-state index >= 15 is 0 Å². The molecule has 5 nitrogen and oxygen atoms in total. The Morgan fingerprint density at radius 2 is 1.70 bits per heavy atom. The maximum absolute atomic E-state index is 11.7. The second-order valence-electron chi connectivity index (χ2n) is 9.32. The number of hydrogen-bond donors (Lipinski definition) is 1. The molecule has 0 atom stereocenters. The van der Waals surface area contributed by atoms with E-state index in [4.69, 9.17) is 4.98 Å². The number of fused-ring (bicyclic) bond motifs is 3.